The molecule has 2 heterocycles. The van der Waals surface area contributed by atoms with Gasteiger partial charge in [0.05, 0.1) is 5.02 Å². The van der Waals surface area contributed by atoms with Crippen molar-refractivity contribution in [3.8, 4) is 0 Å². The predicted octanol–water partition coefficient (Wildman–Crippen LogP) is 3.09. The van der Waals surface area contributed by atoms with Crippen LogP contribution in [0.3, 0.4) is 0 Å². The normalized spacial score (nSPS) is 16.7. The average molecular weight is 193 g/mol. The first-order valence-corrected chi connectivity index (χ1v) is 4.85. The highest BCUT2D eigenvalue weighted by Gasteiger charge is 2.25. The van der Waals surface area contributed by atoms with Gasteiger partial charge in [0.25, 0.3) is 0 Å². The van der Waals surface area contributed by atoms with Crippen LogP contribution in [-0.2, 0) is 0 Å². The molecule has 0 aliphatic heterocycles. The molecule has 1 saturated carbocycles. The van der Waals surface area contributed by atoms with Crippen LogP contribution in [0.15, 0.2) is 18.3 Å². The molecular formula is C10H9ClN2. The zero-order valence-corrected chi connectivity index (χ0v) is 7.80. The van der Waals surface area contributed by atoms with E-state index >= 15 is 0 Å². The molecule has 3 heteroatoms. The highest BCUT2D eigenvalue weighted by atomic mass is 35.5. The maximum absolute atomic E-state index is 6.04. The van der Waals surface area contributed by atoms with E-state index in [-0.39, 0.29) is 0 Å². The fourth-order valence-electron chi connectivity index (χ4n) is 1.63. The van der Waals surface area contributed by atoms with Gasteiger partial charge < -0.3 is 4.98 Å². The Balaban J connectivity index is 2.26. The van der Waals surface area contributed by atoms with Gasteiger partial charge in [-0.1, -0.05) is 11.6 Å². The molecule has 3 rings (SSSR count). The summed E-state index contributed by atoms with van der Waals surface area (Å²) in [5, 5.41) is 1.83. The van der Waals surface area contributed by atoms with Gasteiger partial charge in [-0.2, -0.15) is 0 Å². The van der Waals surface area contributed by atoms with Crippen LogP contribution in [0.5, 0.6) is 0 Å². The number of H-pyrrole nitrogens is 1. The van der Waals surface area contributed by atoms with Gasteiger partial charge in [-0.3, -0.25) is 0 Å². The van der Waals surface area contributed by atoms with Crippen LogP contribution in [0.2, 0.25) is 5.02 Å². The van der Waals surface area contributed by atoms with Crippen molar-refractivity contribution in [2.45, 2.75) is 18.8 Å². The number of aromatic nitrogens is 2. The number of aromatic amines is 1. The summed E-state index contributed by atoms with van der Waals surface area (Å²) in [6.45, 7) is 0. The molecule has 2 nitrogen and oxygen atoms in total. The molecule has 1 fully saturated rings. The maximum Gasteiger partial charge on any atom is 0.138 e. The van der Waals surface area contributed by atoms with Gasteiger partial charge in [-0.15, -0.1) is 0 Å². The first-order valence-electron chi connectivity index (χ1n) is 4.48. The number of fused-ring (bicyclic) bond motifs is 1. The highest BCUT2D eigenvalue weighted by molar-refractivity contribution is 6.35. The summed E-state index contributed by atoms with van der Waals surface area (Å²) in [7, 11) is 0. The average Bonchev–Trinajstić information content (AvgIpc) is 2.87. The molecule has 2 aromatic rings. The van der Waals surface area contributed by atoms with Crippen molar-refractivity contribution in [3.63, 3.8) is 0 Å². The number of pyridine rings is 1. The topological polar surface area (TPSA) is 28.7 Å². The third-order valence-electron chi connectivity index (χ3n) is 2.52. The molecule has 13 heavy (non-hydrogen) atoms. The molecule has 0 radical (unpaired) electrons. The predicted molar refractivity (Wildman–Crippen MR) is 53.1 cm³/mol. The van der Waals surface area contributed by atoms with Crippen LogP contribution in [0.4, 0.5) is 0 Å². The highest BCUT2D eigenvalue weighted by Crippen LogP contribution is 2.40. The zero-order valence-electron chi connectivity index (χ0n) is 7.05. The van der Waals surface area contributed by atoms with Crippen molar-refractivity contribution >= 4 is 22.6 Å². The molecular weight excluding hydrogens is 184 g/mol. The lowest BCUT2D eigenvalue weighted by atomic mass is 10.2. The summed E-state index contributed by atoms with van der Waals surface area (Å²) in [6, 6.07) is 3.96. The second-order valence-electron chi connectivity index (χ2n) is 3.55. The van der Waals surface area contributed by atoms with Gasteiger partial charge in [0, 0.05) is 17.3 Å². The molecule has 0 saturated heterocycles. The first kappa shape index (κ1) is 7.39. The minimum atomic E-state index is 0.727. The van der Waals surface area contributed by atoms with Gasteiger partial charge >= 0.3 is 0 Å². The van der Waals surface area contributed by atoms with Crippen molar-refractivity contribution in [1.29, 1.82) is 0 Å². The van der Waals surface area contributed by atoms with Gasteiger partial charge in [0.15, 0.2) is 0 Å². The molecule has 1 aliphatic rings. The number of halogens is 1. The van der Waals surface area contributed by atoms with Crippen molar-refractivity contribution in [1.82, 2.24) is 9.97 Å². The summed E-state index contributed by atoms with van der Waals surface area (Å²) in [4.78, 5) is 7.54. The third kappa shape index (κ3) is 1.13. The van der Waals surface area contributed by atoms with Crippen LogP contribution in [0, 0.1) is 0 Å². The van der Waals surface area contributed by atoms with Crippen molar-refractivity contribution < 1.29 is 0 Å². The lowest BCUT2D eigenvalue weighted by Crippen LogP contribution is -1.77. The molecule has 2 aromatic heterocycles. The van der Waals surface area contributed by atoms with Gasteiger partial charge in [-0.25, -0.2) is 4.98 Å². The first-order chi connectivity index (χ1) is 6.34. The van der Waals surface area contributed by atoms with E-state index in [2.05, 4.69) is 16.0 Å². The van der Waals surface area contributed by atoms with E-state index in [1.165, 1.54) is 18.5 Å². The Morgan fingerprint density at radius 3 is 3.00 bits per heavy atom. The second-order valence-corrected chi connectivity index (χ2v) is 3.96. The van der Waals surface area contributed by atoms with E-state index in [1.54, 1.807) is 6.20 Å². The lowest BCUT2D eigenvalue weighted by molar-refractivity contribution is 1.05. The Labute approximate surface area is 80.9 Å². The Morgan fingerprint density at radius 2 is 2.31 bits per heavy atom. The monoisotopic (exact) mass is 192 g/mol. The van der Waals surface area contributed by atoms with Crippen LogP contribution >= 0.6 is 11.6 Å². The summed E-state index contributed by atoms with van der Waals surface area (Å²) < 4.78 is 0. The van der Waals surface area contributed by atoms with Gasteiger partial charge in [-0.05, 0) is 30.9 Å². The standard InChI is InChI=1S/C10H9ClN2/c11-8-3-4-12-10-7(8)5-9(13-10)6-1-2-6/h3-6H,1-2H2,(H,12,13). The summed E-state index contributed by atoms with van der Waals surface area (Å²) >= 11 is 6.04. The van der Waals surface area contributed by atoms with E-state index in [4.69, 9.17) is 11.6 Å². The molecule has 0 spiro atoms. The smallest absolute Gasteiger partial charge is 0.138 e. The quantitative estimate of drug-likeness (QED) is 0.739. The number of hydrogen-bond donors (Lipinski definition) is 1. The van der Waals surface area contributed by atoms with Crippen LogP contribution in [0.1, 0.15) is 24.5 Å². The second kappa shape index (κ2) is 2.48. The molecule has 0 amide bonds. The van der Waals surface area contributed by atoms with Gasteiger partial charge in [0.1, 0.15) is 5.65 Å². The third-order valence-corrected chi connectivity index (χ3v) is 2.85. The molecule has 0 unspecified atom stereocenters. The van der Waals surface area contributed by atoms with Crippen molar-refractivity contribution in [2.24, 2.45) is 0 Å². The fourth-order valence-corrected chi connectivity index (χ4v) is 1.83. The van der Waals surface area contributed by atoms with Crippen LogP contribution < -0.4 is 0 Å². The lowest BCUT2D eigenvalue weighted by Gasteiger charge is -1.89. The SMILES string of the molecule is Clc1ccnc2[nH]c(C3CC3)cc12. The van der Waals surface area contributed by atoms with E-state index in [9.17, 15) is 0 Å². The van der Waals surface area contributed by atoms with E-state index < -0.39 is 0 Å². The van der Waals surface area contributed by atoms with E-state index in [0.717, 1.165) is 22.0 Å². The van der Waals surface area contributed by atoms with E-state index in [0.29, 0.717) is 0 Å². The Bertz CT molecular complexity index is 457. The number of hydrogen-bond acceptors (Lipinski definition) is 1. The summed E-state index contributed by atoms with van der Waals surface area (Å²) in [5.74, 6) is 0.727. The Morgan fingerprint density at radius 1 is 1.46 bits per heavy atom. The van der Waals surface area contributed by atoms with Crippen LogP contribution in [-0.4, -0.2) is 9.97 Å². The minimum Gasteiger partial charge on any atom is -0.343 e. The summed E-state index contributed by atoms with van der Waals surface area (Å²) in [6.07, 6.45) is 4.33. The number of nitrogens with zero attached hydrogens (tertiary/aromatic N) is 1. The molecule has 1 aliphatic carbocycles. The van der Waals surface area contributed by atoms with Crippen molar-refractivity contribution in [2.75, 3.05) is 0 Å². The van der Waals surface area contributed by atoms with Crippen LogP contribution in [0.25, 0.3) is 11.0 Å². The molecule has 1 N–H and O–H groups in total. The van der Waals surface area contributed by atoms with Gasteiger partial charge in [0.2, 0.25) is 0 Å². The summed E-state index contributed by atoms with van der Waals surface area (Å²) in [5.41, 5.74) is 2.20. The maximum atomic E-state index is 6.04. The Hall–Kier alpha value is -1.02. The van der Waals surface area contributed by atoms with Crippen molar-refractivity contribution in [3.05, 3.63) is 29.0 Å². The molecule has 66 valence electrons. The number of rotatable bonds is 1. The fraction of sp³-hybridized carbons (Fsp3) is 0.300. The largest absolute Gasteiger partial charge is 0.343 e. The zero-order chi connectivity index (χ0) is 8.84. The Kier molecular flexibility index (Phi) is 1.41. The minimum absolute atomic E-state index is 0.727. The number of nitrogens with one attached hydrogen (secondary N) is 1. The molecule has 0 atom stereocenters. The molecule has 0 bridgehead atoms. The van der Waals surface area contributed by atoms with E-state index in [1.807, 2.05) is 6.07 Å². The molecule has 0 aromatic carbocycles.